The summed E-state index contributed by atoms with van der Waals surface area (Å²) in [4.78, 5) is 0. The molecule has 0 radical (unpaired) electrons. The summed E-state index contributed by atoms with van der Waals surface area (Å²) < 4.78 is 7.28. The summed E-state index contributed by atoms with van der Waals surface area (Å²) in [5, 5.41) is 7.52. The normalized spacial score (nSPS) is 13.1. The molecule has 0 saturated carbocycles. The van der Waals surface area contributed by atoms with Crippen molar-refractivity contribution < 1.29 is 0 Å². The van der Waals surface area contributed by atoms with E-state index in [4.69, 9.17) is 0 Å². The van der Waals surface area contributed by atoms with Crippen molar-refractivity contribution in [2.75, 3.05) is 0 Å². The summed E-state index contributed by atoms with van der Waals surface area (Å²) in [6.45, 7) is 0. The van der Waals surface area contributed by atoms with Crippen LogP contribution in [-0.4, -0.2) is 13.7 Å². The second-order valence-electron chi connectivity index (χ2n) is 21.1. The van der Waals surface area contributed by atoms with Gasteiger partial charge in [-0.25, -0.2) is 0 Å². The number of benzene rings is 12. The lowest BCUT2D eigenvalue weighted by molar-refractivity contribution is 0.730. The second kappa shape index (κ2) is 17.8. The van der Waals surface area contributed by atoms with Crippen LogP contribution in [0.2, 0.25) is 0 Å². The molecule has 3 nitrogen and oxygen atoms in total. The zero-order valence-corrected chi connectivity index (χ0v) is 42.9. The van der Waals surface area contributed by atoms with Crippen molar-refractivity contribution in [3.63, 3.8) is 0 Å². The van der Waals surface area contributed by atoms with Crippen molar-refractivity contribution >= 4 is 65.4 Å². The van der Waals surface area contributed by atoms with Crippen molar-refractivity contribution in [3.05, 3.63) is 296 Å². The topological polar surface area (TPSA) is 14.8 Å². The Hall–Kier alpha value is -9.96. The van der Waals surface area contributed by atoms with Crippen LogP contribution in [-0.2, 0) is 6.42 Å². The van der Waals surface area contributed by atoms with Crippen molar-refractivity contribution in [1.29, 1.82) is 0 Å². The van der Waals surface area contributed by atoms with E-state index in [-0.39, 0.29) is 0 Å². The maximum absolute atomic E-state index is 2.48. The molecule has 0 N–H and O–H groups in total. The summed E-state index contributed by atoms with van der Waals surface area (Å²) in [7, 11) is 0. The van der Waals surface area contributed by atoms with Crippen LogP contribution in [0.15, 0.2) is 279 Å². The van der Waals surface area contributed by atoms with E-state index in [1.807, 2.05) is 0 Å². The Morgan fingerprint density at radius 2 is 0.603 bits per heavy atom. The van der Waals surface area contributed by atoms with Gasteiger partial charge in [-0.1, -0.05) is 200 Å². The van der Waals surface area contributed by atoms with E-state index in [9.17, 15) is 0 Å². The molecule has 0 bridgehead atoms. The fourth-order valence-electron chi connectivity index (χ4n) is 13.2. The van der Waals surface area contributed by atoms with Crippen LogP contribution in [0.25, 0.3) is 127 Å². The van der Waals surface area contributed by atoms with Crippen molar-refractivity contribution in [3.8, 4) is 61.6 Å². The van der Waals surface area contributed by atoms with Crippen molar-refractivity contribution in [2.24, 2.45) is 0 Å². The van der Waals surface area contributed by atoms with Gasteiger partial charge >= 0.3 is 0 Å². The Morgan fingerprint density at radius 1 is 0.244 bits per heavy atom. The predicted molar refractivity (Wildman–Crippen MR) is 328 cm³/mol. The molecule has 3 aromatic heterocycles. The van der Waals surface area contributed by atoms with Crippen LogP contribution in [0.4, 0.5) is 0 Å². The van der Waals surface area contributed by atoms with E-state index in [2.05, 4.69) is 293 Å². The monoisotopic (exact) mass is 993 g/mol. The summed E-state index contributed by atoms with van der Waals surface area (Å²) in [5.41, 5.74) is 24.9. The van der Waals surface area contributed by atoms with Crippen LogP contribution < -0.4 is 0 Å². The lowest BCUT2D eigenvalue weighted by Gasteiger charge is -2.15. The third-order valence-corrected chi connectivity index (χ3v) is 16.9. The second-order valence-corrected chi connectivity index (χ2v) is 21.1. The lowest BCUT2D eigenvalue weighted by Crippen LogP contribution is -1.99. The average Bonchev–Trinajstić information content (AvgIpc) is 4.42. The number of rotatable bonds is 9. The SMILES string of the molecule is c1ccc(CCC2c3ccccc3-c3ccc(-c4ccc5c6ccccc6n(-c6ccc(-c7ccc(-n8c9ccccc9c9ccc(-c%10ccc%11c%12ccccc%12n(-c%12ccccc%12)c%11c%10)cc98)cc7)cc6)c5c4)cc32)cc1. The molecule has 15 aromatic rings. The minimum Gasteiger partial charge on any atom is -0.309 e. The van der Waals surface area contributed by atoms with Crippen molar-refractivity contribution in [1.82, 2.24) is 13.7 Å². The molecule has 0 aliphatic heterocycles. The lowest BCUT2D eigenvalue weighted by atomic mass is 9.89. The van der Waals surface area contributed by atoms with E-state index in [0.29, 0.717) is 5.92 Å². The van der Waals surface area contributed by atoms with Gasteiger partial charge in [0, 0.05) is 55.3 Å². The first-order chi connectivity index (χ1) is 38.7. The van der Waals surface area contributed by atoms with Gasteiger partial charge in [0.05, 0.1) is 33.1 Å². The molecule has 1 unspecified atom stereocenters. The third kappa shape index (κ3) is 7.05. The maximum atomic E-state index is 2.48. The molecule has 3 heteroatoms. The molecule has 0 saturated heterocycles. The van der Waals surface area contributed by atoms with Crippen LogP contribution in [0, 0.1) is 0 Å². The van der Waals surface area contributed by atoms with E-state index < -0.39 is 0 Å². The molecule has 0 amide bonds. The van der Waals surface area contributed by atoms with Crippen molar-refractivity contribution in [2.45, 2.75) is 18.8 Å². The fraction of sp³-hybridized carbons (Fsp3) is 0.0400. The first-order valence-corrected chi connectivity index (χ1v) is 27.3. The standard InChI is InChI=1S/C75H51N3/c1-3-15-49(16-4-1)27-40-61-59-19-7-8-20-60(59)62-41-32-52(45-69(61)62)53-33-42-67-64-22-10-13-25-71(64)77(74(67)46-53)57-36-28-50(29-37-57)51-30-38-58(39-31-51)78-72-26-14-11-23-65(72)68-44-35-55(48-75(68)78)54-34-43-66-63-21-9-12-24-70(63)76(73(66)47-54)56-17-5-2-6-18-56/h1-26,28-39,41-48,61H,27,40H2. The molecule has 1 aliphatic carbocycles. The van der Waals surface area contributed by atoms with Gasteiger partial charge in [-0.15, -0.1) is 0 Å². The van der Waals surface area contributed by atoms with Gasteiger partial charge in [0.25, 0.3) is 0 Å². The molecule has 0 fully saturated rings. The predicted octanol–water partition coefficient (Wildman–Crippen LogP) is 19.7. The Bertz CT molecular complexity index is 4820. The number of para-hydroxylation sites is 4. The minimum atomic E-state index is 0.359. The van der Waals surface area contributed by atoms with Gasteiger partial charge in [0.15, 0.2) is 0 Å². The Morgan fingerprint density at radius 3 is 1.10 bits per heavy atom. The summed E-state index contributed by atoms with van der Waals surface area (Å²) >= 11 is 0. The Labute approximate surface area is 452 Å². The molecule has 12 aromatic carbocycles. The van der Waals surface area contributed by atoms with Crippen LogP contribution in [0.5, 0.6) is 0 Å². The third-order valence-electron chi connectivity index (χ3n) is 16.9. The Kier molecular flexibility index (Phi) is 10.1. The number of nitrogens with zero attached hydrogens (tertiary/aromatic N) is 3. The van der Waals surface area contributed by atoms with Gasteiger partial charge in [0.1, 0.15) is 0 Å². The zero-order chi connectivity index (χ0) is 51.3. The van der Waals surface area contributed by atoms with E-state index in [1.54, 1.807) is 0 Å². The zero-order valence-electron chi connectivity index (χ0n) is 42.9. The van der Waals surface area contributed by atoms with Crippen LogP contribution in [0.3, 0.4) is 0 Å². The number of hydrogen-bond donors (Lipinski definition) is 0. The molecule has 366 valence electrons. The highest BCUT2D eigenvalue weighted by Gasteiger charge is 2.29. The smallest absolute Gasteiger partial charge is 0.0547 e. The number of fused-ring (bicyclic) bond motifs is 12. The van der Waals surface area contributed by atoms with Gasteiger partial charge in [-0.05, 0) is 153 Å². The van der Waals surface area contributed by atoms with E-state index in [0.717, 1.165) is 29.9 Å². The fourth-order valence-corrected chi connectivity index (χ4v) is 13.2. The van der Waals surface area contributed by atoms with Gasteiger partial charge in [0.2, 0.25) is 0 Å². The number of aromatic nitrogens is 3. The molecule has 1 atom stereocenters. The average molecular weight is 994 g/mol. The van der Waals surface area contributed by atoms with Crippen LogP contribution >= 0.6 is 0 Å². The quantitative estimate of drug-likeness (QED) is 0.137. The summed E-state index contributed by atoms with van der Waals surface area (Å²) in [6.07, 6.45) is 2.13. The van der Waals surface area contributed by atoms with Crippen LogP contribution in [0.1, 0.15) is 29.0 Å². The molecule has 3 heterocycles. The highest BCUT2D eigenvalue weighted by molar-refractivity contribution is 6.13. The van der Waals surface area contributed by atoms with Gasteiger partial charge in [-0.2, -0.15) is 0 Å². The van der Waals surface area contributed by atoms with Gasteiger partial charge in [-0.3, -0.25) is 0 Å². The summed E-state index contributed by atoms with van der Waals surface area (Å²) in [5.74, 6) is 0.359. The largest absolute Gasteiger partial charge is 0.309 e. The highest BCUT2D eigenvalue weighted by Crippen LogP contribution is 2.49. The molecule has 0 spiro atoms. The summed E-state index contributed by atoms with van der Waals surface area (Å²) in [6, 6.07) is 103. The molecule has 1 aliphatic rings. The van der Waals surface area contributed by atoms with E-state index in [1.165, 1.54) is 127 Å². The molecule has 16 rings (SSSR count). The molecule has 78 heavy (non-hydrogen) atoms. The van der Waals surface area contributed by atoms with E-state index >= 15 is 0 Å². The first kappa shape index (κ1) is 44.3. The minimum absolute atomic E-state index is 0.359. The first-order valence-electron chi connectivity index (χ1n) is 27.3. The highest BCUT2D eigenvalue weighted by atomic mass is 15.0. The maximum Gasteiger partial charge on any atom is 0.0547 e. The molecular weight excluding hydrogens is 943 g/mol. The molecular formula is C75H51N3. The number of aryl methyl sites for hydroxylation is 1. The van der Waals surface area contributed by atoms with Gasteiger partial charge < -0.3 is 13.7 Å². The Balaban J connectivity index is 0.735. The number of hydrogen-bond acceptors (Lipinski definition) is 0.